The Morgan fingerprint density at radius 1 is 1.20 bits per heavy atom. The van der Waals surface area contributed by atoms with Crippen molar-refractivity contribution < 1.29 is 0 Å². The molecule has 1 aliphatic rings. The summed E-state index contributed by atoms with van der Waals surface area (Å²) in [6.07, 6.45) is 9.77. The molecule has 0 spiro atoms. The molecular formula is C18H35IN6. The molecular weight excluding hydrogens is 427 g/mol. The van der Waals surface area contributed by atoms with Gasteiger partial charge in [0, 0.05) is 25.6 Å². The van der Waals surface area contributed by atoms with E-state index in [0.29, 0.717) is 12.6 Å². The van der Waals surface area contributed by atoms with Crippen LogP contribution in [0.1, 0.15) is 77.4 Å². The topological polar surface area (TPSA) is 67.1 Å². The smallest absolute Gasteiger partial charge is 0.191 e. The van der Waals surface area contributed by atoms with Crippen molar-refractivity contribution >= 4 is 29.9 Å². The fraction of sp³-hybridized carbons (Fsp3) is 0.833. The maximum absolute atomic E-state index is 4.73. The van der Waals surface area contributed by atoms with Gasteiger partial charge in [0.1, 0.15) is 12.4 Å². The Kier molecular flexibility index (Phi) is 11.1. The predicted octanol–water partition coefficient (Wildman–Crippen LogP) is 3.65. The molecule has 1 aliphatic heterocycles. The van der Waals surface area contributed by atoms with Crippen molar-refractivity contribution in [2.24, 2.45) is 4.99 Å². The van der Waals surface area contributed by atoms with Gasteiger partial charge in [0.25, 0.3) is 0 Å². The van der Waals surface area contributed by atoms with Gasteiger partial charge in [-0.15, -0.1) is 34.2 Å². The molecule has 1 atom stereocenters. The molecule has 2 N–H and O–H groups in total. The van der Waals surface area contributed by atoms with Crippen molar-refractivity contribution in [1.82, 2.24) is 25.4 Å². The molecule has 7 heteroatoms. The van der Waals surface area contributed by atoms with Crippen molar-refractivity contribution in [3.8, 4) is 0 Å². The number of aromatic nitrogens is 3. The quantitative estimate of drug-likeness (QED) is 0.268. The first-order chi connectivity index (χ1) is 11.7. The van der Waals surface area contributed by atoms with Crippen LogP contribution in [0.5, 0.6) is 0 Å². The molecule has 25 heavy (non-hydrogen) atoms. The maximum Gasteiger partial charge on any atom is 0.191 e. The second kappa shape index (κ2) is 12.5. The molecule has 1 aromatic heterocycles. The van der Waals surface area contributed by atoms with Crippen LogP contribution in [0.4, 0.5) is 0 Å². The van der Waals surface area contributed by atoms with Crippen LogP contribution in [0.3, 0.4) is 0 Å². The number of nitrogens with zero attached hydrogens (tertiary/aromatic N) is 4. The fourth-order valence-electron chi connectivity index (χ4n) is 3.14. The van der Waals surface area contributed by atoms with Gasteiger partial charge < -0.3 is 15.2 Å². The molecule has 0 aliphatic carbocycles. The van der Waals surface area contributed by atoms with Gasteiger partial charge in [0.2, 0.25) is 0 Å². The number of aryl methyl sites for hydroxylation is 1. The average molecular weight is 462 g/mol. The lowest BCUT2D eigenvalue weighted by molar-refractivity contribution is 0.546. The Bertz CT molecular complexity index is 514. The van der Waals surface area contributed by atoms with Crippen LogP contribution in [0.25, 0.3) is 0 Å². The van der Waals surface area contributed by atoms with E-state index < -0.39 is 0 Å². The van der Waals surface area contributed by atoms with Gasteiger partial charge in [0.15, 0.2) is 11.8 Å². The first-order valence-electron chi connectivity index (χ1n) is 9.70. The Morgan fingerprint density at radius 3 is 2.80 bits per heavy atom. The third kappa shape index (κ3) is 7.50. The molecule has 0 radical (unpaired) electrons. The standard InChI is InChI=1S/C18H34N6.HI/c1-4-6-8-11-15(3)21-18(19-5-2)20-14-17-23-22-16-12-9-7-10-13-24(16)17;/h15H,4-14H2,1-3H3,(H2,19,20,21);1H. The van der Waals surface area contributed by atoms with E-state index >= 15 is 0 Å². The van der Waals surface area contributed by atoms with Gasteiger partial charge in [-0.1, -0.05) is 32.6 Å². The van der Waals surface area contributed by atoms with E-state index in [2.05, 4.69) is 46.2 Å². The number of hydrogen-bond donors (Lipinski definition) is 2. The Labute approximate surface area is 169 Å². The lowest BCUT2D eigenvalue weighted by Crippen LogP contribution is -2.42. The Morgan fingerprint density at radius 2 is 2.04 bits per heavy atom. The van der Waals surface area contributed by atoms with Gasteiger partial charge in [-0.2, -0.15) is 0 Å². The number of rotatable bonds is 8. The monoisotopic (exact) mass is 462 g/mol. The first kappa shape index (κ1) is 22.2. The van der Waals surface area contributed by atoms with E-state index in [0.717, 1.165) is 37.1 Å². The number of aliphatic imine (C=N–C) groups is 1. The molecule has 1 unspecified atom stereocenters. The molecule has 0 fully saturated rings. The van der Waals surface area contributed by atoms with Crippen molar-refractivity contribution in [3.63, 3.8) is 0 Å². The molecule has 0 saturated carbocycles. The molecule has 0 amide bonds. The highest BCUT2D eigenvalue weighted by atomic mass is 127. The number of fused-ring (bicyclic) bond motifs is 1. The minimum absolute atomic E-state index is 0. The second-order valence-electron chi connectivity index (χ2n) is 6.73. The highest BCUT2D eigenvalue weighted by molar-refractivity contribution is 14.0. The Hall–Kier alpha value is -0.860. The zero-order valence-corrected chi connectivity index (χ0v) is 18.4. The summed E-state index contributed by atoms with van der Waals surface area (Å²) in [5.41, 5.74) is 0. The maximum atomic E-state index is 4.73. The third-order valence-electron chi connectivity index (χ3n) is 4.53. The van der Waals surface area contributed by atoms with Crippen LogP contribution in [-0.2, 0) is 19.5 Å². The molecule has 144 valence electrons. The molecule has 6 nitrogen and oxygen atoms in total. The molecule has 0 aromatic carbocycles. The summed E-state index contributed by atoms with van der Waals surface area (Å²) in [7, 11) is 0. The summed E-state index contributed by atoms with van der Waals surface area (Å²) in [4.78, 5) is 4.73. The van der Waals surface area contributed by atoms with Crippen LogP contribution in [-0.4, -0.2) is 33.3 Å². The molecule has 2 rings (SSSR count). The van der Waals surface area contributed by atoms with Gasteiger partial charge >= 0.3 is 0 Å². The number of halogens is 1. The minimum Gasteiger partial charge on any atom is -0.357 e. The number of unbranched alkanes of at least 4 members (excludes halogenated alkanes) is 2. The zero-order valence-electron chi connectivity index (χ0n) is 16.1. The lowest BCUT2D eigenvalue weighted by Gasteiger charge is -2.17. The summed E-state index contributed by atoms with van der Waals surface area (Å²) >= 11 is 0. The summed E-state index contributed by atoms with van der Waals surface area (Å²) in [6, 6.07) is 0.435. The van der Waals surface area contributed by atoms with Crippen LogP contribution in [0.2, 0.25) is 0 Å². The predicted molar refractivity (Wildman–Crippen MR) is 115 cm³/mol. The fourth-order valence-corrected chi connectivity index (χ4v) is 3.14. The van der Waals surface area contributed by atoms with Gasteiger partial charge in [-0.3, -0.25) is 0 Å². The molecule has 0 saturated heterocycles. The van der Waals surface area contributed by atoms with Crippen molar-refractivity contribution in [2.45, 2.75) is 91.3 Å². The van der Waals surface area contributed by atoms with E-state index in [1.165, 1.54) is 44.9 Å². The van der Waals surface area contributed by atoms with E-state index in [1.54, 1.807) is 0 Å². The summed E-state index contributed by atoms with van der Waals surface area (Å²) in [6.45, 7) is 9.05. The van der Waals surface area contributed by atoms with E-state index in [4.69, 9.17) is 4.99 Å². The first-order valence-corrected chi connectivity index (χ1v) is 9.70. The van der Waals surface area contributed by atoms with Crippen LogP contribution in [0.15, 0.2) is 4.99 Å². The van der Waals surface area contributed by atoms with Crippen molar-refractivity contribution in [2.75, 3.05) is 6.54 Å². The van der Waals surface area contributed by atoms with Crippen LogP contribution in [0, 0.1) is 0 Å². The molecule has 2 heterocycles. The number of nitrogens with one attached hydrogen (secondary N) is 2. The summed E-state index contributed by atoms with van der Waals surface area (Å²) in [5.74, 6) is 3.00. The minimum atomic E-state index is 0. The van der Waals surface area contributed by atoms with Gasteiger partial charge in [-0.25, -0.2) is 4.99 Å². The van der Waals surface area contributed by atoms with Crippen LogP contribution >= 0.6 is 24.0 Å². The SMILES string of the molecule is CCCCCC(C)NC(=NCc1nnc2n1CCCCC2)NCC.I. The largest absolute Gasteiger partial charge is 0.357 e. The van der Waals surface area contributed by atoms with E-state index in [9.17, 15) is 0 Å². The van der Waals surface area contributed by atoms with E-state index in [1.807, 2.05) is 0 Å². The summed E-state index contributed by atoms with van der Waals surface area (Å²) < 4.78 is 2.27. The third-order valence-corrected chi connectivity index (χ3v) is 4.53. The highest BCUT2D eigenvalue weighted by Gasteiger charge is 2.14. The Balaban J connectivity index is 0.00000312. The lowest BCUT2D eigenvalue weighted by atomic mass is 10.1. The number of guanidine groups is 1. The number of hydrogen-bond acceptors (Lipinski definition) is 3. The highest BCUT2D eigenvalue weighted by Crippen LogP contribution is 2.14. The molecule has 1 aromatic rings. The van der Waals surface area contributed by atoms with Gasteiger partial charge in [-0.05, 0) is 33.1 Å². The van der Waals surface area contributed by atoms with E-state index in [-0.39, 0.29) is 24.0 Å². The van der Waals surface area contributed by atoms with Crippen LogP contribution < -0.4 is 10.6 Å². The van der Waals surface area contributed by atoms with Crippen molar-refractivity contribution in [3.05, 3.63) is 11.6 Å². The normalized spacial score (nSPS) is 15.7. The van der Waals surface area contributed by atoms with Gasteiger partial charge in [0.05, 0.1) is 0 Å². The molecule has 0 bridgehead atoms. The summed E-state index contributed by atoms with van der Waals surface area (Å²) in [5, 5.41) is 15.6. The van der Waals surface area contributed by atoms with Crippen molar-refractivity contribution in [1.29, 1.82) is 0 Å². The zero-order chi connectivity index (χ0) is 17.2. The second-order valence-corrected chi connectivity index (χ2v) is 6.73. The average Bonchev–Trinajstić information content (AvgIpc) is 2.79.